The topological polar surface area (TPSA) is 25.8 Å². The number of hydrogen-bond donors (Lipinski definition) is 0. The van der Waals surface area contributed by atoms with Crippen molar-refractivity contribution in [3.63, 3.8) is 0 Å². The van der Waals surface area contributed by atoms with Gasteiger partial charge in [-0.25, -0.2) is 9.97 Å². The molecule has 1 aromatic rings. The summed E-state index contributed by atoms with van der Waals surface area (Å²) >= 11 is 9.32. The van der Waals surface area contributed by atoms with Crippen molar-refractivity contribution in [3.05, 3.63) is 23.2 Å². The monoisotopic (exact) mass is 276 g/mol. The molecule has 0 aliphatic heterocycles. The zero-order valence-electron chi connectivity index (χ0n) is 8.37. The van der Waals surface area contributed by atoms with Gasteiger partial charge in [0.05, 0.1) is 5.02 Å². The van der Waals surface area contributed by atoms with Crippen LogP contribution in [0.5, 0.6) is 0 Å². The summed E-state index contributed by atoms with van der Waals surface area (Å²) in [5.74, 6) is 1.53. The zero-order valence-corrected chi connectivity index (χ0v) is 10.7. The second-order valence-electron chi connectivity index (χ2n) is 3.75. The molecule has 0 N–H and O–H groups in total. The van der Waals surface area contributed by atoms with Crippen LogP contribution in [0.15, 0.2) is 12.4 Å². The van der Waals surface area contributed by atoms with Crippen LogP contribution in [0.3, 0.4) is 0 Å². The lowest BCUT2D eigenvalue weighted by molar-refractivity contribution is 0.565. The first-order valence-electron chi connectivity index (χ1n) is 4.68. The second kappa shape index (κ2) is 5.66. The third-order valence-electron chi connectivity index (χ3n) is 1.81. The average Bonchev–Trinajstić information content (AvgIpc) is 2.07. The highest BCUT2D eigenvalue weighted by Crippen LogP contribution is 2.16. The van der Waals surface area contributed by atoms with Crippen LogP contribution in [-0.2, 0) is 6.42 Å². The molecule has 2 nitrogen and oxygen atoms in total. The normalized spacial score (nSPS) is 13.2. The molecule has 1 rings (SSSR count). The summed E-state index contributed by atoms with van der Waals surface area (Å²) in [6.07, 6.45) is 5.26. The van der Waals surface area contributed by atoms with Crippen molar-refractivity contribution in [2.24, 2.45) is 5.92 Å². The lowest BCUT2D eigenvalue weighted by Gasteiger charge is -2.10. The van der Waals surface area contributed by atoms with E-state index in [0.717, 1.165) is 18.7 Å². The Balaban J connectivity index is 2.47. The minimum Gasteiger partial charge on any atom is -0.240 e. The van der Waals surface area contributed by atoms with Crippen LogP contribution in [-0.4, -0.2) is 14.8 Å². The molecule has 0 bridgehead atoms. The molecule has 0 radical (unpaired) electrons. The van der Waals surface area contributed by atoms with E-state index in [4.69, 9.17) is 11.6 Å². The van der Waals surface area contributed by atoms with Crippen LogP contribution in [0.25, 0.3) is 0 Å². The summed E-state index contributed by atoms with van der Waals surface area (Å²) < 4.78 is 0. The molecular weight excluding hydrogens is 263 g/mol. The molecule has 0 saturated carbocycles. The Hall–Kier alpha value is -0.150. The third kappa shape index (κ3) is 4.38. The van der Waals surface area contributed by atoms with Gasteiger partial charge < -0.3 is 0 Å². The van der Waals surface area contributed by atoms with Crippen molar-refractivity contribution >= 4 is 27.5 Å². The summed E-state index contributed by atoms with van der Waals surface area (Å²) in [5.41, 5.74) is 0. The van der Waals surface area contributed by atoms with Crippen LogP contribution < -0.4 is 0 Å². The van der Waals surface area contributed by atoms with E-state index in [1.165, 1.54) is 0 Å². The summed E-state index contributed by atoms with van der Waals surface area (Å²) in [7, 11) is 0. The first kappa shape index (κ1) is 11.9. The quantitative estimate of drug-likeness (QED) is 0.788. The van der Waals surface area contributed by atoms with Gasteiger partial charge in [-0.1, -0.05) is 41.4 Å². The van der Waals surface area contributed by atoms with E-state index in [9.17, 15) is 0 Å². The molecule has 14 heavy (non-hydrogen) atoms. The first-order chi connectivity index (χ1) is 6.58. The number of rotatable bonds is 4. The van der Waals surface area contributed by atoms with E-state index in [0.29, 0.717) is 15.8 Å². The highest BCUT2D eigenvalue weighted by Gasteiger charge is 2.09. The van der Waals surface area contributed by atoms with E-state index in [-0.39, 0.29) is 0 Å². The highest BCUT2D eigenvalue weighted by molar-refractivity contribution is 9.09. The van der Waals surface area contributed by atoms with Gasteiger partial charge in [0, 0.05) is 23.6 Å². The molecule has 4 heteroatoms. The maximum atomic E-state index is 5.70. The van der Waals surface area contributed by atoms with E-state index in [1.54, 1.807) is 12.4 Å². The van der Waals surface area contributed by atoms with Crippen molar-refractivity contribution in [1.29, 1.82) is 0 Å². The number of halogens is 2. The predicted octanol–water partition coefficient (Wildman–Crippen LogP) is 3.48. The Labute approximate surface area is 98.2 Å². The van der Waals surface area contributed by atoms with Crippen molar-refractivity contribution in [1.82, 2.24) is 9.97 Å². The lowest BCUT2D eigenvalue weighted by atomic mass is 10.1. The van der Waals surface area contributed by atoms with Crippen LogP contribution in [0.4, 0.5) is 0 Å². The van der Waals surface area contributed by atoms with Gasteiger partial charge >= 0.3 is 0 Å². The summed E-state index contributed by atoms with van der Waals surface area (Å²) in [6, 6.07) is 0. The SMILES string of the molecule is CC(C)CC(Br)Cc1ncc(Cl)cn1. The number of nitrogens with zero attached hydrogens (tertiary/aromatic N) is 2. The van der Waals surface area contributed by atoms with E-state index < -0.39 is 0 Å². The van der Waals surface area contributed by atoms with Gasteiger partial charge in [-0.05, 0) is 12.3 Å². The largest absolute Gasteiger partial charge is 0.240 e. The third-order valence-corrected chi connectivity index (χ3v) is 2.70. The zero-order chi connectivity index (χ0) is 10.6. The summed E-state index contributed by atoms with van der Waals surface area (Å²) in [4.78, 5) is 8.75. The molecule has 0 amide bonds. The minimum absolute atomic E-state index is 0.448. The first-order valence-corrected chi connectivity index (χ1v) is 5.97. The number of aromatic nitrogens is 2. The number of hydrogen-bond acceptors (Lipinski definition) is 2. The Kier molecular flexibility index (Phi) is 4.82. The fourth-order valence-corrected chi connectivity index (χ4v) is 2.37. The smallest absolute Gasteiger partial charge is 0.129 e. The maximum absolute atomic E-state index is 5.70. The Morgan fingerprint density at radius 3 is 2.43 bits per heavy atom. The van der Waals surface area contributed by atoms with Gasteiger partial charge in [0.1, 0.15) is 5.82 Å². The molecule has 1 heterocycles. The fourth-order valence-electron chi connectivity index (χ4n) is 1.24. The molecule has 0 fully saturated rings. The predicted molar refractivity (Wildman–Crippen MR) is 62.9 cm³/mol. The molecule has 0 aliphatic carbocycles. The van der Waals surface area contributed by atoms with Gasteiger partial charge in [-0.3, -0.25) is 0 Å². The number of alkyl halides is 1. The van der Waals surface area contributed by atoms with Crippen molar-refractivity contribution < 1.29 is 0 Å². The highest BCUT2D eigenvalue weighted by atomic mass is 79.9. The van der Waals surface area contributed by atoms with Gasteiger partial charge in [0.2, 0.25) is 0 Å². The maximum Gasteiger partial charge on any atom is 0.129 e. The van der Waals surface area contributed by atoms with Crippen LogP contribution in [0.1, 0.15) is 26.1 Å². The summed E-state index contributed by atoms with van der Waals surface area (Å²) in [6.45, 7) is 4.41. The van der Waals surface area contributed by atoms with Crippen molar-refractivity contribution in [2.45, 2.75) is 31.5 Å². The molecule has 1 aromatic heterocycles. The lowest BCUT2D eigenvalue weighted by Crippen LogP contribution is -2.09. The molecule has 78 valence electrons. The van der Waals surface area contributed by atoms with Gasteiger partial charge in [0.25, 0.3) is 0 Å². The minimum atomic E-state index is 0.448. The van der Waals surface area contributed by atoms with E-state index in [2.05, 4.69) is 39.7 Å². The van der Waals surface area contributed by atoms with Crippen LogP contribution in [0.2, 0.25) is 5.02 Å². The van der Waals surface area contributed by atoms with E-state index >= 15 is 0 Å². The Morgan fingerprint density at radius 1 is 1.36 bits per heavy atom. The molecule has 0 saturated heterocycles. The Bertz CT molecular complexity index is 274. The van der Waals surface area contributed by atoms with Crippen molar-refractivity contribution in [3.8, 4) is 0 Å². The standard InChI is InChI=1S/C10H14BrClN2/c1-7(2)3-8(11)4-10-13-5-9(12)6-14-10/h5-8H,3-4H2,1-2H3. The molecule has 0 spiro atoms. The second-order valence-corrected chi connectivity index (χ2v) is 5.48. The molecular formula is C10H14BrClN2. The molecule has 1 unspecified atom stereocenters. The van der Waals surface area contributed by atoms with Gasteiger partial charge in [-0.15, -0.1) is 0 Å². The van der Waals surface area contributed by atoms with Gasteiger partial charge in [0.15, 0.2) is 0 Å². The van der Waals surface area contributed by atoms with E-state index in [1.807, 2.05) is 0 Å². The van der Waals surface area contributed by atoms with Crippen molar-refractivity contribution in [2.75, 3.05) is 0 Å². The van der Waals surface area contributed by atoms with Crippen LogP contribution in [0, 0.1) is 5.92 Å². The average molecular weight is 278 g/mol. The van der Waals surface area contributed by atoms with Gasteiger partial charge in [-0.2, -0.15) is 0 Å². The molecule has 0 aliphatic rings. The Morgan fingerprint density at radius 2 is 1.93 bits per heavy atom. The molecule has 0 aromatic carbocycles. The summed E-state index contributed by atoms with van der Waals surface area (Å²) in [5, 5.41) is 0.587. The van der Waals surface area contributed by atoms with Crippen LogP contribution >= 0.6 is 27.5 Å². The fraction of sp³-hybridized carbons (Fsp3) is 0.600. The molecule has 1 atom stereocenters.